The number of hydrogen-bond donors (Lipinski definition) is 0. The molecule has 0 heterocycles. The molecule has 2 rings (SSSR count). The van der Waals surface area contributed by atoms with E-state index in [1.807, 2.05) is 0 Å². The van der Waals surface area contributed by atoms with Gasteiger partial charge in [-0.3, -0.25) is 0 Å². The summed E-state index contributed by atoms with van der Waals surface area (Å²) in [6.45, 7) is 0. The molecule has 0 N–H and O–H groups in total. The lowest BCUT2D eigenvalue weighted by molar-refractivity contribution is 0.626. The van der Waals surface area contributed by atoms with Crippen LogP contribution >= 0.6 is 23.5 Å². The summed E-state index contributed by atoms with van der Waals surface area (Å²) in [5, 5.41) is 0.817. The SMILES string of the molecule is Fc1ccc(SCSc2ccc(F)cc2)cc1. The van der Waals surface area contributed by atoms with Crippen molar-refractivity contribution in [2.45, 2.75) is 9.79 Å². The van der Waals surface area contributed by atoms with Crippen molar-refractivity contribution in [2.75, 3.05) is 5.08 Å². The van der Waals surface area contributed by atoms with Crippen molar-refractivity contribution in [3.63, 3.8) is 0 Å². The molecule has 0 fully saturated rings. The zero-order chi connectivity index (χ0) is 12.1. The van der Waals surface area contributed by atoms with Crippen LogP contribution in [0.5, 0.6) is 0 Å². The first-order chi connectivity index (χ1) is 8.24. The van der Waals surface area contributed by atoms with Gasteiger partial charge in [-0.05, 0) is 48.5 Å². The van der Waals surface area contributed by atoms with E-state index < -0.39 is 0 Å². The molecule has 2 aromatic rings. The van der Waals surface area contributed by atoms with Crippen molar-refractivity contribution in [1.82, 2.24) is 0 Å². The first-order valence-corrected chi connectivity index (χ1v) is 6.98. The molecule has 0 nitrogen and oxygen atoms in total. The monoisotopic (exact) mass is 268 g/mol. The largest absolute Gasteiger partial charge is 0.207 e. The third-order valence-electron chi connectivity index (χ3n) is 2.08. The molecule has 0 radical (unpaired) electrons. The third kappa shape index (κ3) is 4.06. The summed E-state index contributed by atoms with van der Waals surface area (Å²) in [5.74, 6) is -0.443. The summed E-state index contributed by atoms with van der Waals surface area (Å²) >= 11 is 3.26. The quantitative estimate of drug-likeness (QED) is 0.576. The molecule has 0 aromatic heterocycles. The maximum absolute atomic E-state index is 12.7. The van der Waals surface area contributed by atoms with Gasteiger partial charge < -0.3 is 0 Å². The molecule has 2 aromatic carbocycles. The Kier molecular flexibility index (Phi) is 4.45. The average Bonchev–Trinajstić information content (AvgIpc) is 2.34. The maximum Gasteiger partial charge on any atom is 0.123 e. The van der Waals surface area contributed by atoms with E-state index in [0.717, 1.165) is 14.9 Å². The van der Waals surface area contributed by atoms with Gasteiger partial charge >= 0.3 is 0 Å². The molecule has 0 unspecified atom stereocenters. The zero-order valence-electron chi connectivity index (χ0n) is 8.90. The minimum atomic E-state index is -0.222. The van der Waals surface area contributed by atoms with Crippen molar-refractivity contribution >= 4 is 23.5 Å². The molecule has 4 heteroatoms. The van der Waals surface area contributed by atoms with Crippen LogP contribution in [0.1, 0.15) is 0 Å². The number of halogens is 2. The highest BCUT2D eigenvalue weighted by Crippen LogP contribution is 2.27. The molecule has 0 saturated heterocycles. The summed E-state index contributed by atoms with van der Waals surface area (Å²) in [5.41, 5.74) is 0. The van der Waals surface area contributed by atoms with E-state index in [4.69, 9.17) is 0 Å². The smallest absolute Gasteiger partial charge is 0.123 e. The Morgan fingerprint density at radius 1 is 0.647 bits per heavy atom. The van der Waals surface area contributed by atoms with Gasteiger partial charge in [-0.25, -0.2) is 8.78 Å². The normalized spacial score (nSPS) is 10.5. The van der Waals surface area contributed by atoms with Crippen molar-refractivity contribution in [3.8, 4) is 0 Å². The third-order valence-corrected chi connectivity index (χ3v) is 4.23. The van der Waals surface area contributed by atoms with Gasteiger partial charge in [-0.1, -0.05) is 0 Å². The van der Waals surface area contributed by atoms with Crippen LogP contribution in [0.4, 0.5) is 8.78 Å². The Labute approximate surface area is 107 Å². The van der Waals surface area contributed by atoms with Crippen LogP contribution in [0.15, 0.2) is 58.3 Å². The van der Waals surface area contributed by atoms with Crippen molar-refractivity contribution in [2.24, 2.45) is 0 Å². The van der Waals surface area contributed by atoms with E-state index in [1.54, 1.807) is 47.8 Å². The van der Waals surface area contributed by atoms with Crippen LogP contribution in [0.3, 0.4) is 0 Å². The highest BCUT2D eigenvalue weighted by atomic mass is 32.2. The van der Waals surface area contributed by atoms with Gasteiger partial charge in [0.15, 0.2) is 0 Å². The van der Waals surface area contributed by atoms with Crippen LogP contribution in [0, 0.1) is 11.6 Å². The molecule has 0 aliphatic heterocycles. The Hall–Kier alpha value is -1.00. The van der Waals surface area contributed by atoms with E-state index in [9.17, 15) is 8.78 Å². The topological polar surface area (TPSA) is 0 Å². The predicted octanol–water partition coefficient (Wildman–Crippen LogP) is 4.81. The molecule has 0 aliphatic carbocycles. The molecular formula is C13H10F2S2. The van der Waals surface area contributed by atoms with E-state index in [1.165, 1.54) is 24.3 Å². The lowest BCUT2D eigenvalue weighted by Gasteiger charge is -2.02. The van der Waals surface area contributed by atoms with E-state index in [-0.39, 0.29) is 11.6 Å². The van der Waals surface area contributed by atoms with Crippen molar-refractivity contribution in [1.29, 1.82) is 0 Å². The summed E-state index contributed by atoms with van der Waals surface area (Å²) in [6.07, 6.45) is 0. The first kappa shape index (κ1) is 12.5. The van der Waals surface area contributed by atoms with Crippen LogP contribution < -0.4 is 0 Å². The minimum Gasteiger partial charge on any atom is -0.207 e. The zero-order valence-corrected chi connectivity index (χ0v) is 10.5. The second-order valence-electron chi connectivity index (χ2n) is 3.31. The first-order valence-electron chi connectivity index (χ1n) is 5.01. The maximum atomic E-state index is 12.7. The number of hydrogen-bond acceptors (Lipinski definition) is 2. The van der Waals surface area contributed by atoms with Crippen molar-refractivity contribution in [3.05, 3.63) is 60.2 Å². The van der Waals surface area contributed by atoms with E-state index >= 15 is 0 Å². The Bertz CT molecular complexity index is 420. The highest BCUT2D eigenvalue weighted by molar-refractivity contribution is 8.16. The molecule has 17 heavy (non-hydrogen) atoms. The Morgan fingerprint density at radius 3 is 1.35 bits per heavy atom. The molecule has 0 saturated carbocycles. The summed E-state index contributed by atoms with van der Waals surface area (Å²) in [6, 6.07) is 12.8. The fourth-order valence-corrected chi connectivity index (χ4v) is 3.21. The second kappa shape index (κ2) is 6.07. The Balaban J connectivity index is 1.83. The number of benzene rings is 2. The van der Waals surface area contributed by atoms with E-state index in [2.05, 4.69) is 0 Å². The molecule has 0 bridgehead atoms. The number of thioether (sulfide) groups is 2. The van der Waals surface area contributed by atoms with E-state index in [0.29, 0.717) is 0 Å². The van der Waals surface area contributed by atoms with Gasteiger partial charge in [0, 0.05) is 14.9 Å². The molecule has 0 spiro atoms. The predicted molar refractivity (Wildman–Crippen MR) is 69.4 cm³/mol. The fourth-order valence-electron chi connectivity index (χ4n) is 1.23. The lowest BCUT2D eigenvalue weighted by Crippen LogP contribution is -1.78. The molecule has 0 aliphatic rings. The molecule has 88 valence electrons. The summed E-state index contributed by atoms with van der Waals surface area (Å²) in [7, 11) is 0. The van der Waals surface area contributed by atoms with Crippen LogP contribution in [0.25, 0.3) is 0 Å². The van der Waals surface area contributed by atoms with Gasteiger partial charge in [-0.2, -0.15) is 0 Å². The fraction of sp³-hybridized carbons (Fsp3) is 0.0769. The van der Waals surface area contributed by atoms with Gasteiger partial charge in [-0.15, -0.1) is 23.5 Å². The van der Waals surface area contributed by atoms with Gasteiger partial charge in [0.05, 0.1) is 0 Å². The second-order valence-corrected chi connectivity index (χ2v) is 5.78. The van der Waals surface area contributed by atoms with Gasteiger partial charge in [0.2, 0.25) is 0 Å². The van der Waals surface area contributed by atoms with Crippen LogP contribution in [-0.4, -0.2) is 5.08 Å². The molecular weight excluding hydrogens is 258 g/mol. The van der Waals surface area contributed by atoms with Gasteiger partial charge in [0.25, 0.3) is 0 Å². The average molecular weight is 268 g/mol. The lowest BCUT2D eigenvalue weighted by atomic mass is 10.4. The van der Waals surface area contributed by atoms with Crippen LogP contribution in [-0.2, 0) is 0 Å². The van der Waals surface area contributed by atoms with Crippen LogP contribution in [0.2, 0.25) is 0 Å². The number of rotatable bonds is 4. The molecule has 0 amide bonds. The molecule has 0 atom stereocenters. The van der Waals surface area contributed by atoms with Gasteiger partial charge in [0.1, 0.15) is 11.6 Å². The minimum absolute atomic E-state index is 0.222. The van der Waals surface area contributed by atoms with Crippen molar-refractivity contribution < 1.29 is 8.78 Å². The Morgan fingerprint density at radius 2 is 1.00 bits per heavy atom. The standard InChI is InChI=1S/C13H10F2S2/c14-10-1-5-12(6-2-10)16-9-17-13-7-3-11(15)4-8-13/h1-8H,9H2. The summed E-state index contributed by atoms with van der Waals surface area (Å²) in [4.78, 5) is 2.06. The highest BCUT2D eigenvalue weighted by Gasteiger charge is 1.97. The summed E-state index contributed by atoms with van der Waals surface area (Å²) < 4.78 is 25.3.